The summed E-state index contributed by atoms with van der Waals surface area (Å²) in [6.45, 7) is 0.424. The summed E-state index contributed by atoms with van der Waals surface area (Å²) in [7, 11) is 3.24. The highest BCUT2D eigenvalue weighted by Gasteiger charge is 2.17. The molecular formula is C12H18N2O2. The van der Waals surface area contributed by atoms with Crippen LogP contribution in [0.15, 0.2) is 24.3 Å². The van der Waals surface area contributed by atoms with Crippen LogP contribution in [0.3, 0.4) is 0 Å². The normalized spacial score (nSPS) is 11.9. The summed E-state index contributed by atoms with van der Waals surface area (Å²) in [4.78, 5) is 11.3. The molecule has 1 unspecified atom stereocenters. The molecule has 1 aromatic rings. The second-order valence-electron chi connectivity index (χ2n) is 3.55. The molecule has 0 radical (unpaired) electrons. The summed E-state index contributed by atoms with van der Waals surface area (Å²) < 4.78 is 5.26. The lowest BCUT2D eigenvalue weighted by atomic mass is 9.94. The predicted molar refractivity (Wildman–Crippen MR) is 63.5 cm³/mol. The number of nitrogens with one attached hydrogen (secondary N) is 1. The number of amides is 1. The molecular weight excluding hydrogens is 204 g/mol. The lowest BCUT2D eigenvalue weighted by Gasteiger charge is -2.17. The Bertz CT molecular complexity index is 353. The fraction of sp³-hybridized carbons (Fsp3) is 0.417. The summed E-state index contributed by atoms with van der Waals surface area (Å²) in [5, 5.41) is 2.60. The van der Waals surface area contributed by atoms with E-state index in [4.69, 9.17) is 10.5 Å². The van der Waals surface area contributed by atoms with Crippen LogP contribution in [0, 0.1) is 0 Å². The molecule has 0 aliphatic carbocycles. The molecule has 0 fully saturated rings. The largest absolute Gasteiger partial charge is 0.496 e. The third-order valence-corrected chi connectivity index (χ3v) is 2.57. The fourth-order valence-corrected chi connectivity index (χ4v) is 1.65. The number of ether oxygens (including phenoxy) is 1. The number of carbonyl (C=O) groups is 1. The van der Waals surface area contributed by atoms with Gasteiger partial charge in [-0.05, 0) is 18.2 Å². The number of methoxy groups -OCH3 is 1. The molecule has 1 amide bonds. The van der Waals surface area contributed by atoms with Gasteiger partial charge >= 0.3 is 0 Å². The van der Waals surface area contributed by atoms with Crippen LogP contribution in [-0.2, 0) is 4.79 Å². The summed E-state index contributed by atoms with van der Waals surface area (Å²) in [6, 6.07) is 7.64. The first kappa shape index (κ1) is 12.5. The van der Waals surface area contributed by atoms with E-state index in [1.807, 2.05) is 24.3 Å². The molecule has 1 rings (SSSR count). The van der Waals surface area contributed by atoms with Gasteiger partial charge in [0.05, 0.1) is 7.11 Å². The Hall–Kier alpha value is -1.55. The number of benzene rings is 1. The van der Waals surface area contributed by atoms with Crippen LogP contribution in [0.25, 0.3) is 0 Å². The minimum Gasteiger partial charge on any atom is -0.496 e. The molecule has 88 valence electrons. The van der Waals surface area contributed by atoms with Gasteiger partial charge in [-0.3, -0.25) is 4.79 Å². The highest BCUT2D eigenvalue weighted by molar-refractivity contribution is 5.76. The maximum Gasteiger partial charge on any atom is 0.220 e. The average molecular weight is 222 g/mol. The number of para-hydroxylation sites is 1. The average Bonchev–Trinajstić information content (AvgIpc) is 2.35. The van der Waals surface area contributed by atoms with Gasteiger partial charge < -0.3 is 15.8 Å². The standard InChI is InChI=1S/C12H18N2O2/c1-14-12(15)7-9(8-13)10-5-3-4-6-11(10)16-2/h3-6,9H,7-8,13H2,1-2H3,(H,14,15). The molecule has 0 spiro atoms. The summed E-state index contributed by atoms with van der Waals surface area (Å²) >= 11 is 0. The maximum absolute atomic E-state index is 11.3. The van der Waals surface area contributed by atoms with Crippen LogP contribution in [0.1, 0.15) is 17.9 Å². The van der Waals surface area contributed by atoms with E-state index in [2.05, 4.69) is 5.32 Å². The van der Waals surface area contributed by atoms with Crippen molar-refractivity contribution in [3.05, 3.63) is 29.8 Å². The molecule has 3 N–H and O–H groups in total. The molecule has 1 atom stereocenters. The first-order valence-electron chi connectivity index (χ1n) is 5.26. The molecule has 0 aliphatic rings. The maximum atomic E-state index is 11.3. The zero-order valence-corrected chi connectivity index (χ0v) is 9.69. The number of hydrogen-bond donors (Lipinski definition) is 2. The van der Waals surface area contributed by atoms with Crippen LogP contribution in [0.5, 0.6) is 5.75 Å². The second-order valence-corrected chi connectivity index (χ2v) is 3.55. The van der Waals surface area contributed by atoms with Crippen molar-refractivity contribution in [3.8, 4) is 5.75 Å². The lowest BCUT2D eigenvalue weighted by Crippen LogP contribution is -2.24. The molecule has 1 aromatic carbocycles. The highest BCUT2D eigenvalue weighted by Crippen LogP contribution is 2.27. The van der Waals surface area contributed by atoms with Crippen LogP contribution < -0.4 is 15.8 Å². The van der Waals surface area contributed by atoms with E-state index in [0.717, 1.165) is 11.3 Å². The van der Waals surface area contributed by atoms with Crippen molar-refractivity contribution in [1.29, 1.82) is 0 Å². The summed E-state index contributed by atoms with van der Waals surface area (Å²) in [6.07, 6.45) is 0.382. The van der Waals surface area contributed by atoms with E-state index >= 15 is 0 Å². The smallest absolute Gasteiger partial charge is 0.220 e. The zero-order valence-electron chi connectivity index (χ0n) is 9.69. The predicted octanol–water partition coefficient (Wildman–Crippen LogP) is 0.874. The minimum atomic E-state index is -0.0126. The molecule has 0 aromatic heterocycles. The monoisotopic (exact) mass is 222 g/mol. The van der Waals surface area contributed by atoms with Crippen molar-refractivity contribution < 1.29 is 9.53 Å². The molecule has 16 heavy (non-hydrogen) atoms. The Labute approximate surface area is 95.8 Å². The first-order chi connectivity index (χ1) is 7.72. The number of nitrogens with two attached hydrogens (primary N) is 1. The van der Waals surface area contributed by atoms with Crippen molar-refractivity contribution in [2.24, 2.45) is 5.73 Å². The van der Waals surface area contributed by atoms with Crippen LogP contribution >= 0.6 is 0 Å². The van der Waals surface area contributed by atoms with Gasteiger partial charge in [0, 0.05) is 19.4 Å². The van der Waals surface area contributed by atoms with Gasteiger partial charge in [0.1, 0.15) is 5.75 Å². The van der Waals surface area contributed by atoms with Crippen LogP contribution in [0.4, 0.5) is 0 Å². The highest BCUT2D eigenvalue weighted by atomic mass is 16.5. The van der Waals surface area contributed by atoms with Gasteiger partial charge in [-0.15, -0.1) is 0 Å². The summed E-state index contributed by atoms with van der Waals surface area (Å²) in [5.41, 5.74) is 6.68. The second kappa shape index (κ2) is 6.12. The molecule has 0 bridgehead atoms. The Morgan fingerprint density at radius 3 is 2.75 bits per heavy atom. The molecule has 0 aliphatic heterocycles. The third kappa shape index (κ3) is 2.97. The fourth-order valence-electron chi connectivity index (χ4n) is 1.65. The number of hydrogen-bond acceptors (Lipinski definition) is 3. The quantitative estimate of drug-likeness (QED) is 0.777. The van der Waals surface area contributed by atoms with Crippen molar-refractivity contribution >= 4 is 5.91 Å². The van der Waals surface area contributed by atoms with Crippen LogP contribution in [0.2, 0.25) is 0 Å². The molecule has 4 nitrogen and oxygen atoms in total. The van der Waals surface area contributed by atoms with Gasteiger partial charge in [0.2, 0.25) is 5.91 Å². The Balaban J connectivity index is 2.89. The van der Waals surface area contributed by atoms with E-state index < -0.39 is 0 Å². The lowest BCUT2D eigenvalue weighted by molar-refractivity contribution is -0.120. The van der Waals surface area contributed by atoms with Gasteiger partial charge in [-0.1, -0.05) is 18.2 Å². The molecule has 4 heteroatoms. The third-order valence-electron chi connectivity index (χ3n) is 2.57. The zero-order chi connectivity index (χ0) is 12.0. The molecule has 0 saturated heterocycles. The van der Waals surface area contributed by atoms with Crippen molar-refractivity contribution in [2.45, 2.75) is 12.3 Å². The minimum absolute atomic E-state index is 0.00361. The number of rotatable bonds is 5. The Kier molecular flexibility index (Phi) is 4.79. The van der Waals surface area contributed by atoms with E-state index in [9.17, 15) is 4.79 Å². The van der Waals surface area contributed by atoms with Gasteiger partial charge in [0.15, 0.2) is 0 Å². The van der Waals surface area contributed by atoms with Crippen LogP contribution in [-0.4, -0.2) is 26.6 Å². The van der Waals surface area contributed by atoms with Crippen molar-refractivity contribution in [2.75, 3.05) is 20.7 Å². The van der Waals surface area contributed by atoms with Gasteiger partial charge in [0.25, 0.3) is 0 Å². The van der Waals surface area contributed by atoms with E-state index in [0.29, 0.717) is 13.0 Å². The van der Waals surface area contributed by atoms with Gasteiger partial charge in [-0.25, -0.2) is 0 Å². The Morgan fingerprint density at radius 1 is 1.50 bits per heavy atom. The Morgan fingerprint density at radius 2 is 2.19 bits per heavy atom. The van der Waals surface area contributed by atoms with E-state index in [1.165, 1.54) is 0 Å². The van der Waals surface area contributed by atoms with Crippen molar-refractivity contribution in [3.63, 3.8) is 0 Å². The first-order valence-corrected chi connectivity index (χ1v) is 5.26. The molecule has 0 saturated carbocycles. The van der Waals surface area contributed by atoms with E-state index in [1.54, 1.807) is 14.2 Å². The topological polar surface area (TPSA) is 64.4 Å². The summed E-state index contributed by atoms with van der Waals surface area (Å²) in [5.74, 6) is 0.763. The SMILES string of the molecule is CNC(=O)CC(CN)c1ccccc1OC. The molecule has 0 heterocycles. The van der Waals surface area contributed by atoms with E-state index in [-0.39, 0.29) is 11.8 Å². The van der Waals surface area contributed by atoms with Gasteiger partial charge in [-0.2, -0.15) is 0 Å². The number of carbonyl (C=O) groups excluding carboxylic acids is 1. The van der Waals surface area contributed by atoms with Crippen molar-refractivity contribution in [1.82, 2.24) is 5.32 Å².